The minimum absolute atomic E-state index is 0.267. The van der Waals surface area contributed by atoms with Gasteiger partial charge in [-0.2, -0.15) is 0 Å². The normalized spacial score (nSPS) is 28.8. The molecule has 2 N–H and O–H groups in total. The molecule has 12 heavy (non-hydrogen) atoms. The number of rotatable bonds is 3. The molecule has 2 aliphatic rings. The summed E-state index contributed by atoms with van der Waals surface area (Å²) in [5.74, 6) is 0.620. The van der Waals surface area contributed by atoms with E-state index in [1.54, 1.807) is 0 Å². The molecular formula is C9H16N2O. The Hall–Kier alpha value is -0.570. The first-order valence-corrected chi connectivity index (χ1v) is 4.87. The molecule has 1 aliphatic carbocycles. The quantitative estimate of drug-likeness (QED) is 0.635. The van der Waals surface area contributed by atoms with Gasteiger partial charge in [-0.3, -0.25) is 4.79 Å². The minimum Gasteiger partial charge on any atom is -0.354 e. The molecule has 0 aromatic heterocycles. The van der Waals surface area contributed by atoms with Crippen LogP contribution in [-0.4, -0.2) is 25.0 Å². The van der Waals surface area contributed by atoms with Gasteiger partial charge in [0.25, 0.3) is 0 Å². The highest BCUT2D eigenvalue weighted by Gasteiger charge is 2.29. The van der Waals surface area contributed by atoms with Gasteiger partial charge in [-0.15, -0.1) is 0 Å². The van der Waals surface area contributed by atoms with Gasteiger partial charge < -0.3 is 10.6 Å². The molecule has 0 aromatic carbocycles. The Balaban J connectivity index is 1.63. The molecule has 0 aromatic rings. The highest BCUT2D eigenvalue weighted by Crippen LogP contribution is 2.28. The van der Waals surface area contributed by atoms with Crippen molar-refractivity contribution >= 4 is 5.91 Å². The molecule has 0 spiro atoms. The maximum atomic E-state index is 11.2. The van der Waals surface area contributed by atoms with Gasteiger partial charge >= 0.3 is 0 Å². The number of carbonyl (C=O) groups excluding carboxylic acids is 1. The van der Waals surface area contributed by atoms with Crippen LogP contribution in [0, 0.1) is 5.92 Å². The Morgan fingerprint density at radius 2 is 2.25 bits per heavy atom. The van der Waals surface area contributed by atoms with Crippen LogP contribution in [0.3, 0.4) is 0 Å². The zero-order chi connectivity index (χ0) is 8.39. The first kappa shape index (κ1) is 8.05. The Labute approximate surface area is 72.9 Å². The van der Waals surface area contributed by atoms with Crippen LogP contribution in [0.15, 0.2) is 0 Å². The minimum atomic E-state index is 0.267. The van der Waals surface area contributed by atoms with Gasteiger partial charge in [0.2, 0.25) is 5.91 Å². The lowest BCUT2D eigenvalue weighted by molar-refractivity contribution is -0.122. The third kappa shape index (κ3) is 1.97. The third-order valence-electron chi connectivity index (χ3n) is 2.63. The highest BCUT2D eigenvalue weighted by molar-refractivity contribution is 5.80. The second kappa shape index (κ2) is 3.44. The van der Waals surface area contributed by atoms with Gasteiger partial charge in [-0.1, -0.05) is 0 Å². The van der Waals surface area contributed by atoms with Gasteiger partial charge in [0.1, 0.15) is 0 Å². The molecule has 0 unspecified atom stereocenters. The predicted octanol–water partition coefficient (Wildman–Crippen LogP) is 0.265. The second-order valence-electron chi connectivity index (χ2n) is 3.81. The molecule has 1 saturated carbocycles. The van der Waals surface area contributed by atoms with E-state index in [9.17, 15) is 4.79 Å². The van der Waals surface area contributed by atoms with Crippen molar-refractivity contribution in [3.63, 3.8) is 0 Å². The van der Waals surface area contributed by atoms with Gasteiger partial charge in [0.05, 0.1) is 0 Å². The lowest BCUT2D eigenvalue weighted by Gasteiger charge is -2.10. The molecule has 0 bridgehead atoms. The maximum absolute atomic E-state index is 11.2. The van der Waals surface area contributed by atoms with Crippen LogP contribution < -0.4 is 10.6 Å². The predicted molar refractivity (Wildman–Crippen MR) is 46.8 cm³/mol. The lowest BCUT2D eigenvalue weighted by Crippen LogP contribution is -2.37. The molecular weight excluding hydrogens is 152 g/mol. The number of amides is 1. The highest BCUT2D eigenvalue weighted by atomic mass is 16.2. The average Bonchev–Trinajstić information content (AvgIpc) is 2.80. The Morgan fingerprint density at radius 1 is 1.42 bits per heavy atom. The number of hydrogen-bond acceptors (Lipinski definition) is 2. The summed E-state index contributed by atoms with van der Waals surface area (Å²) in [4.78, 5) is 11.2. The largest absolute Gasteiger partial charge is 0.354 e. The van der Waals surface area contributed by atoms with E-state index in [1.807, 2.05) is 0 Å². The summed E-state index contributed by atoms with van der Waals surface area (Å²) < 4.78 is 0. The van der Waals surface area contributed by atoms with Crippen molar-refractivity contribution in [2.45, 2.75) is 31.7 Å². The smallest absolute Gasteiger partial charge is 0.223 e. The molecule has 1 saturated heterocycles. The second-order valence-corrected chi connectivity index (χ2v) is 3.81. The molecule has 1 aliphatic heterocycles. The summed E-state index contributed by atoms with van der Waals surface area (Å²) in [5, 5.41) is 6.34. The molecule has 1 heterocycles. The van der Waals surface area contributed by atoms with Crippen molar-refractivity contribution in [2.24, 2.45) is 5.92 Å². The Morgan fingerprint density at radius 3 is 2.83 bits per heavy atom. The number of nitrogens with one attached hydrogen (secondary N) is 2. The van der Waals surface area contributed by atoms with E-state index in [0.717, 1.165) is 25.9 Å². The number of hydrogen-bond donors (Lipinski definition) is 2. The van der Waals surface area contributed by atoms with Crippen molar-refractivity contribution in [3.05, 3.63) is 0 Å². The Bertz CT molecular complexity index is 171. The van der Waals surface area contributed by atoms with Crippen molar-refractivity contribution in [3.8, 4) is 0 Å². The first-order valence-electron chi connectivity index (χ1n) is 4.87. The summed E-state index contributed by atoms with van der Waals surface area (Å²) in [6.45, 7) is 1.94. The third-order valence-corrected chi connectivity index (χ3v) is 2.63. The van der Waals surface area contributed by atoms with E-state index in [2.05, 4.69) is 10.6 Å². The van der Waals surface area contributed by atoms with Crippen molar-refractivity contribution < 1.29 is 4.79 Å². The van der Waals surface area contributed by atoms with E-state index < -0.39 is 0 Å². The summed E-state index contributed by atoms with van der Waals surface area (Å²) in [5.41, 5.74) is 0. The van der Waals surface area contributed by atoms with Crippen LogP contribution in [0.25, 0.3) is 0 Å². The fourth-order valence-corrected chi connectivity index (χ4v) is 1.64. The monoisotopic (exact) mass is 168 g/mol. The van der Waals surface area contributed by atoms with Crippen LogP contribution in [0.1, 0.15) is 25.7 Å². The van der Waals surface area contributed by atoms with E-state index in [-0.39, 0.29) is 5.91 Å². The zero-order valence-electron chi connectivity index (χ0n) is 7.31. The standard InChI is InChI=1S/C9H16N2O/c12-9(7-3-4-7)11-6-8-2-1-5-10-8/h7-8,10H,1-6H2,(H,11,12)/t8-/m0/s1. The molecule has 68 valence electrons. The molecule has 3 nitrogen and oxygen atoms in total. The summed E-state index contributed by atoms with van der Waals surface area (Å²) in [6.07, 6.45) is 4.67. The van der Waals surface area contributed by atoms with Crippen LogP contribution in [-0.2, 0) is 4.79 Å². The molecule has 1 amide bonds. The zero-order valence-corrected chi connectivity index (χ0v) is 7.31. The van der Waals surface area contributed by atoms with Gasteiger partial charge in [0, 0.05) is 18.5 Å². The fraction of sp³-hybridized carbons (Fsp3) is 0.889. The van der Waals surface area contributed by atoms with E-state index in [1.165, 1.54) is 12.8 Å². The topological polar surface area (TPSA) is 41.1 Å². The van der Waals surface area contributed by atoms with E-state index in [0.29, 0.717) is 12.0 Å². The molecule has 0 radical (unpaired) electrons. The fourth-order valence-electron chi connectivity index (χ4n) is 1.64. The Kier molecular flexibility index (Phi) is 2.30. The molecule has 1 atom stereocenters. The summed E-state index contributed by atoms with van der Waals surface area (Å²) in [7, 11) is 0. The van der Waals surface area contributed by atoms with Gasteiger partial charge in [-0.05, 0) is 32.2 Å². The van der Waals surface area contributed by atoms with E-state index in [4.69, 9.17) is 0 Å². The summed E-state index contributed by atoms with van der Waals surface area (Å²) >= 11 is 0. The van der Waals surface area contributed by atoms with E-state index >= 15 is 0 Å². The van der Waals surface area contributed by atoms with Gasteiger partial charge in [0.15, 0.2) is 0 Å². The molecule has 2 fully saturated rings. The van der Waals surface area contributed by atoms with Gasteiger partial charge in [-0.25, -0.2) is 0 Å². The van der Waals surface area contributed by atoms with Crippen LogP contribution in [0.4, 0.5) is 0 Å². The average molecular weight is 168 g/mol. The lowest BCUT2D eigenvalue weighted by atomic mass is 10.2. The van der Waals surface area contributed by atoms with Crippen molar-refractivity contribution in [1.82, 2.24) is 10.6 Å². The maximum Gasteiger partial charge on any atom is 0.223 e. The molecule has 3 heteroatoms. The van der Waals surface area contributed by atoms with Crippen molar-refractivity contribution in [2.75, 3.05) is 13.1 Å². The number of carbonyl (C=O) groups is 1. The van der Waals surface area contributed by atoms with Crippen LogP contribution >= 0.6 is 0 Å². The van der Waals surface area contributed by atoms with Crippen molar-refractivity contribution in [1.29, 1.82) is 0 Å². The SMILES string of the molecule is O=C(NC[C@@H]1CCCN1)C1CC1. The van der Waals surface area contributed by atoms with Crippen LogP contribution in [0.5, 0.6) is 0 Å². The van der Waals surface area contributed by atoms with Crippen LogP contribution in [0.2, 0.25) is 0 Å². The molecule has 2 rings (SSSR count). The summed E-state index contributed by atoms with van der Waals surface area (Å²) in [6, 6.07) is 0.535. The first-order chi connectivity index (χ1) is 5.86.